The highest BCUT2D eigenvalue weighted by Gasteiger charge is 2.14. The van der Waals surface area contributed by atoms with Crippen molar-refractivity contribution < 1.29 is 12.8 Å². The Morgan fingerprint density at radius 3 is 2.65 bits per heavy atom. The monoisotopic (exact) mass is 296 g/mol. The van der Waals surface area contributed by atoms with Gasteiger partial charge in [0.15, 0.2) is 0 Å². The van der Waals surface area contributed by atoms with Gasteiger partial charge < -0.3 is 4.57 Å². The predicted octanol–water partition coefficient (Wildman–Crippen LogP) is 1.99. The minimum atomic E-state index is -3.59. The van der Waals surface area contributed by atoms with Crippen molar-refractivity contribution in [2.45, 2.75) is 18.2 Å². The first-order valence-electron chi connectivity index (χ1n) is 6.25. The van der Waals surface area contributed by atoms with Gasteiger partial charge >= 0.3 is 0 Å². The summed E-state index contributed by atoms with van der Waals surface area (Å²) in [5.41, 5.74) is 1.38. The van der Waals surface area contributed by atoms with E-state index < -0.39 is 15.8 Å². The number of nitrogens with zero attached hydrogens (tertiary/aromatic N) is 1. The third kappa shape index (κ3) is 3.46. The van der Waals surface area contributed by atoms with Gasteiger partial charge in [-0.1, -0.05) is 0 Å². The number of aryl methyl sites for hydroxylation is 2. The molecular weight excluding hydrogens is 279 g/mol. The van der Waals surface area contributed by atoms with Gasteiger partial charge in [0.25, 0.3) is 0 Å². The van der Waals surface area contributed by atoms with Crippen LogP contribution >= 0.6 is 0 Å². The van der Waals surface area contributed by atoms with Gasteiger partial charge in [-0.2, -0.15) is 0 Å². The Hall–Kier alpha value is -1.66. The first-order chi connectivity index (χ1) is 9.38. The molecule has 0 saturated carbocycles. The first kappa shape index (κ1) is 14.7. The zero-order valence-corrected chi connectivity index (χ0v) is 12.2. The zero-order valence-electron chi connectivity index (χ0n) is 11.4. The number of sulfonamides is 1. The second-order valence-corrected chi connectivity index (χ2v) is 6.51. The van der Waals surface area contributed by atoms with E-state index in [4.69, 9.17) is 0 Å². The van der Waals surface area contributed by atoms with Crippen LogP contribution in [0.3, 0.4) is 0 Å². The van der Waals surface area contributed by atoms with Crippen LogP contribution in [-0.4, -0.2) is 19.5 Å². The summed E-state index contributed by atoms with van der Waals surface area (Å²) < 4.78 is 41.7. The summed E-state index contributed by atoms with van der Waals surface area (Å²) >= 11 is 0. The van der Waals surface area contributed by atoms with Gasteiger partial charge in [-0.25, -0.2) is 17.5 Å². The second-order valence-electron chi connectivity index (χ2n) is 4.74. The van der Waals surface area contributed by atoms with E-state index in [1.165, 1.54) is 18.2 Å². The minimum Gasteiger partial charge on any atom is -0.357 e. The quantitative estimate of drug-likeness (QED) is 0.917. The van der Waals surface area contributed by atoms with Crippen molar-refractivity contribution in [2.24, 2.45) is 7.05 Å². The lowest BCUT2D eigenvalue weighted by Crippen LogP contribution is -2.26. The van der Waals surface area contributed by atoms with Gasteiger partial charge in [0.2, 0.25) is 10.0 Å². The van der Waals surface area contributed by atoms with Crippen molar-refractivity contribution in [3.63, 3.8) is 0 Å². The smallest absolute Gasteiger partial charge is 0.240 e. The molecule has 6 heteroatoms. The number of hydrogen-bond acceptors (Lipinski definition) is 2. The molecule has 0 saturated heterocycles. The van der Waals surface area contributed by atoms with Gasteiger partial charge in [0.1, 0.15) is 5.82 Å². The zero-order chi connectivity index (χ0) is 14.8. The number of nitrogens with one attached hydrogen (secondary N) is 1. The SMILES string of the molecule is Cc1cc(S(=O)(=O)NCCc2ccn(C)c2)ccc1F. The Labute approximate surface area is 118 Å². The van der Waals surface area contributed by atoms with Crippen LogP contribution in [0.15, 0.2) is 41.6 Å². The maximum absolute atomic E-state index is 13.1. The van der Waals surface area contributed by atoms with Crippen molar-refractivity contribution in [1.29, 1.82) is 0 Å². The van der Waals surface area contributed by atoms with Crippen LogP contribution in [0.2, 0.25) is 0 Å². The molecule has 0 atom stereocenters. The molecular formula is C14H17FN2O2S. The number of halogens is 1. The molecule has 1 heterocycles. The van der Waals surface area contributed by atoms with Gasteiger partial charge in [-0.05, 0) is 48.7 Å². The van der Waals surface area contributed by atoms with Crippen molar-refractivity contribution in [3.05, 3.63) is 53.6 Å². The molecule has 2 rings (SSSR count). The molecule has 0 radical (unpaired) electrons. The molecule has 1 aromatic carbocycles. The van der Waals surface area contributed by atoms with Crippen molar-refractivity contribution in [3.8, 4) is 0 Å². The fourth-order valence-electron chi connectivity index (χ4n) is 1.91. The summed E-state index contributed by atoms with van der Waals surface area (Å²) in [4.78, 5) is 0.0875. The number of hydrogen-bond donors (Lipinski definition) is 1. The highest BCUT2D eigenvalue weighted by Crippen LogP contribution is 2.14. The normalized spacial score (nSPS) is 11.8. The second kappa shape index (κ2) is 5.76. The summed E-state index contributed by atoms with van der Waals surface area (Å²) in [7, 11) is -1.67. The fraction of sp³-hybridized carbons (Fsp3) is 0.286. The summed E-state index contributed by atoms with van der Waals surface area (Å²) in [5, 5.41) is 0. The van der Waals surface area contributed by atoms with E-state index in [0.717, 1.165) is 5.56 Å². The molecule has 0 aliphatic heterocycles. The van der Waals surface area contributed by atoms with Gasteiger partial charge in [-0.15, -0.1) is 0 Å². The average molecular weight is 296 g/mol. The Morgan fingerprint density at radius 1 is 1.30 bits per heavy atom. The summed E-state index contributed by atoms with van der Waals surface area (Å²) in [6, 6.07) is 5.71. The highest BCUT2D eigenvalue weighted by atomic mass is 32.2. The first-order valence-corrected chi connectivity index (χ1v) is 7.73. The van der Waals surface area contributed by atoms with Crippen LogP contribution < -0.4 is 4.72 Å². The topological polar surface area (TPSA) is 51.1 Å². The van der Waals surface area contributed by atoms with E-state index in [9.17, 15) is 12.8 Å². The van der Waals surface area contributed by atoms with E-state index in [0.29, 0.717) is 18.5 Å². The molecule has 1 aromatic heterocycles. The molecule has 0 fully saturated rings. The standard InChI is InChI=1S/C14H17FN2O2S/c1-11-9-13(3-4-14(11)15)20(18,19)16-7-5-12-6-8-17(2)10-12/h3-4,6,8-10,16H,5,7H2,1-2H3. The van der Waals surface area contributed by atoms with Crippen LogP contribution in [-0.2, 0) is 23.5 Å². The Kier molecular flexibility index (Phi) is 4.25. The molecule has 0 amide bonds. The Bertz CT molecular complexity index is 708. The fourth-order valence-corrected chi connectivity index (χ4v) is 3.02. The van der Waals surface area contributed by atoms with Crippen molar-refractivity contribution in [1.82, 2.24) is 9.29 Å². The van der Waals surface area contributed by atoms with Gasteiger partial charge in [0.05, 0.1) is 4.90 Å². The van der Waals surface area contributed by atoms with Crippen LogP contribution in [0.5, 0.6) is 0 Å². The lowest BCUT2D eigenvalue weighted by molar-refractivity contribution is 0.580. The van der Waals surface area contributed by atoms with Crippen LogP contribution in [0.25, 0.3) is 0 Å². The highest BCUT2D eigenvalue weighted by molar-refractivity contribution is 7.89. The number of rotatable bonds is 5. The maximum Gasteiger partial charge on any atom is 0.240 e. The molecule has 2 aromatic rings. The van der Waals surface area contributed by atoms with Gasteiger partial charge in [0, 0.05) is 26.0 Å². The van der Waals surface area contributed by atoms with Crippen LogP contribution in [0.4, 0.5) is 4.39 Å². The number of benzene rings is 1. The number of aromatic nitrogens is 1. The van der Waals surface area contributed by atoms with Crippen molar-refractivity contribution in [2.75, 3.05) is 6.54 Å². The maximum atomic E-state index is 13.1. The molecule has 0 bridgehead atoms. The van der Waals surface area contributed by atoms with Crippen LogP contribution in [0, 0.1) is 12.7 Å². The summed E-state index contributed by atoms with van der Waals surface area (Å²) in [6.45, 7) is 1.85. The molecule has 0 aliphatic rings. The third-order valence-corrected chi connectivity index (χ3v) is 4.50. The lowest BCUT2D eigenvalue weighted by Gasteiger charge is -2.07. The Balaban J connectivity index is 2.02. The van der Waals surface area contributed by atoms with E-state index in [-0.39, 0.29) is 4.90 Å². The average Bonchev–Trinajstić information content (AvgIpc) is 2.78. The van der Waals surface area contributed by atoms with E-state index >= 15 is 0 Å². The third-order valence-electron chi connectivity index (χ3n) is 3.04. The molecule has 20 heavy (non-hydrogen) atoms. The molecule has 0 aliphatic carbocycles. The molecule has 0 spiro atoms. The van der Waals surface area contributed by atoms with E-state index in [1.54, 1.807) is 6.92 Å². The van der Waals surface area contributed by atoms with E-state index in [2.05, 4.69) is 4.72 Å². The van der Waals surface area contributed by atoms with Crippen LogP contribution in [0.1, 0.15) is 11.1 Å². The summed E-state index contributed by atoms with van der Waals surface area (Å²) in [5.74, 6) is -0.409. The van der Waals surface area contributed by atoms with Gasteiger partial charge in [-0.3, -0.25) is 0 Å². The van der Waals surface area contributed by atoms with E-state index in [1.807, 2.05) is 30.1 Å². The molecule has 1 N–H and O–H groups in total. The lowest BCUT2D eigenvalue weighted by atomic mass is 10.2. The Morgan fingerprint density at radius 2 is 2.05 bits per heavy atom. The minimum absolute atomic E-state index is 0.0875. The predicted molar refractivity (Wildman–Crippen MR) is 75.4 cm³/mol. The molecule has 4 nitrogen and oxygen atoms in total. The largest absolute Gasteiger partial charge is 0.357 e. The van der Waals surface area contributed by atoms with Crippen molar-refractivity contribution >= 4 is 10.0 Å². The summed E-state index contributed by atoms with van der Waals surface area (Å²) in [6.07, 6.45) is 4.46. The molecule has 108 valence electrons. The molecule has 0 unspecified atom stereocenters.